The maximum Gasteiger partial charge on any atom is 0.416 e. The number of alkyl halides is 3. The summed E-state index contributed by atoms with van der Waals surface area (Å²) in [4.78, 5) is 13.0. The monoisotopic (exact) mass is 601 g/mol. The lowest BCUT2D eigenvalue weighted by Gasteiger charge is -2.30. The van der Waals surface area contributed by atoms with Gasteiger partial charge in [-0.25, -0.2) is 33.5 Å². The number of halogens is 4. The maximum atomic E-state index is 15.9. The van der Waals surface area contributed by atoms with Crippen LogP contribution in [-0.4, -0.2) is 25.7 Å². The molecule has 8 nitrogen and oxygen atoms in total. The Morgan fingerprint density at radius 3 is 2.21 bits per heavy atom. The number of sulfone groups is 1. The average molecular weight is 602 g/mol. The van der Waals surface area contributed by atoms with Crippen LogP contribution in [0.2, 0.25) is 0 Å². The zero-order valence-corrected chi connectivity index (χ0v) is 23.1. The van der Waals surface area contributed by atoms with Crippen molar-refractivity contribution in [1.29, 1.82) is 0 Å². The van der Waals surface area contributed by atoms with E-state index in [0.29, 0.717) is 21.8 Å². The molecular weight excluding hydrogens is 574 g/mol. The van der Waals surface area contributed by atoms with Gasteiger partial charge in [0.2, 0.25) is 0 Å². The number of nitrogens with two attached hydrogens (primary N) is 2. The summed E-state index contributed by atoms with van der Waals surface area (Å²) in [5.74, 6) is 4.81. The van der Waals surface area contributed by atoms with E-state index in [1.54, 1.807) is 54.6 Å². The highest BCUT2D eigenvalue weighted by Crippen LogP contribution is 2.35. The first-order valence-electron chi connectivity index (χ1n) is 12.5. The molecule has 0 aliphatic rings. The third-order valence-electron chi connectivity index (χ3n) is 6.25. The standard InChI is InChI=1S/C29H27F4N5O3S/c1-42(40,41)27-24(21-9-3-2-4-10-21)13-14-25(26(27)30)38(35)28(39)37(36-23-12-6-7-19(16-23)17-34)18-20-8-5-11-22(15-20)29(31,32)33/h2-16,36H,17-18,34-35H2,1H3. The molecule has 4 aromatic rings. The number of anilines is 2. The van der Waals surface area contributed by atoms with Crippen LogP contribution in [0.3, 0.4) is 0 Å². The van der Waals surface area contributed by atoms with Crippen LogP contribution in [0.15, 0.2) is 95.9 Å². The van der Waals surface area contributed by atoms with E-state index >= 15 is 4.39 Å². The Balaban J connectivity index is 1.76. The molecule has 0 aliphatic carbocycles. The first-order valence-corrected chi connectivity index (χ1v) is 14.3. The summed E-state index contributed by atoms with van der Waals surface area (Å²) < 4.78 is 81.3. The molecule has 0 unspecified atom stereocenters. The van der Waals surface area contributed by atoms with Gasteiger partial charge in [0.25, 0.3) is 0 Å². The zero-order valence-electron chi connectivity index (χ0n) is 22.3. The topological polar surface area (TPSA) is 122 Å². The Labute approximate surface area is 240 Å². The lowest BCUT2D eigenvalue weighted by atomic mass is 10.0. The van der Waals surface area contributed by atoms with E-state index in [4.69, 9.17) is 11.6 Å². The fourth-order valence-electron chi connectivity index (χ4n) is 4.28. The molecule has 220 valence electrons. The highest BCUT2D eigenvalue weighted by molar-refractivity contribution is 7.90. The van der Waals surface area contributed by atoms with Gasteiger partial charge in [-0.05, 0) is 47.0 Å². The molecule has 0 spiro atoms. The van der Waals surface area contributed by atoms with Gasteiger partial charge in [-0.1, -0.05) is 60.7 Å². The second-order valence-corrected chi connectivity index (χ2v) is 11.3. The quantitative estimate of drug-likeness (QED) is 0.103. The molecule has 4 rings (SSSR count). The van der Waals surface area contributed by atoms with Crippen molar-refractivity contribution < 1.29 is 30.8 Å². The summed E-state index contributed by atoms with van der Waals surface area (Å²) in [6.07, 6.45) is -3.80. The molecule has 0 saturated heterocycles. The van der Waals surface area contributed by atoms with E-state index < -0.39 is 50.6 Å². The molecule has 5 N–H and O–H groups in total. The Morgan fingerprint density at radius 1 is 0.905 bits per heavy atom. The third-order valence-corrected chi connectivity index (χ3v) is 7.39. The minimum absolute atomic E-state index is 0.0674. The van der Waals surface area contributed by atoms with Gasteiger partial charge in [0.05, 0.1) is 23.5 Å². The van der Waals surface area contributed by atoms with Crippen molar-refractivity contribution in [1.82, 2.24) is 5.01 Å². The lowest BCUT2D eigenvalue weighted by molar-refractivity contribution is -0.137. The predicted octanol–water partition coefficient (Wildman–Crippen LogP) is 5.70. The number of nitrogens with zero attached hydrogens (tertiary/aromatic N) is 2. The zero-order chi connectivity index (χ0) is 30.7. The second-order valence-electron chi connectivity index (χ2n) is 9.37. The number of hydrogen-bond donors (Lipinski definition) is 3. The van der Waals surface area contributed by atoms with Crippen molar-refractivity contribution in [2.24, 2.45) is 11.6 Å². The molecular formula is C29H27F4N5O3S. The minimum Gasteiger partial charge on any atom is -0.326 e. The van der Waals surface area contributed by atoms with Gasteiger partial charge in [-0.3, -0.25) is 5.43 Å². The van der Waals surface area contributed by atoms with Gasteiger partial charge in [0.15, 0.2) is 15.7 Å². The van der Waals surface area contributed by atoms with E-state index in [9.17, 15) is 26.4 Å². The molecule has 0 radical (unpaired) electrons. The van der Waals surface area contributed by atoms with Gasteiger partial charge < -0.3 is 5.73 Å². The van der Waals surface area contributed by atoms with E-state index in [1.807, 2.05) is 0 Å². The number of benzene rings is 4. The minimum atomic E-state index is -4.63. The predicted molar refractivity (Wildman–Crippen MR) is 152 cm³/mol. The summed E-state index contributed by atoms with van der Waals surface area (Å²) in [5, 5.41) is 1.28. The van der Waals surface area contributed by atoms with Gasteiger partial charge in [-0.2, -0.15) is 13.2 Å². The van der Waals surface area contributed by atoms with Gasteiger partial charge >= 0.3 is 12.2 Å². The largest absolute Gasteiger partial charge is 0.416 e. The number of hydrazine groups is 2. The van der Waals surface area contributed by atoms with Crippen LogP contribution in [0, 0.1) is 5.82 Å². The van der Waals surface area contributed by atoms with E-state index in [-0.39, 0.29) is 17.7 Å². The molecule has 42 heavy (non-hydrogen) atoms. The van der Waals surface area contributed by atoms with Crippen LogP contribution >= 0.6 is 0 Å². The number of urea groups is 1. The van der Waals surface area contributed by atoms with Crippen molar-refractivity contribution in [3.05, 3.63) is 114 Å². The molecule has 0 fully saturated rings. The number of rotatable bonds is 8. The Morgan fingerprint density at radius 2 is 1.57 bits per heavy atom. The first-order chi connectivity index (χ1) is 19.8. The van der Waals surface area contributed by atoms with Crippen molar-refractivity contribution >= 4 is 27.2 Å². The Bertz CT molecular complexity index is 1700. The smallest absolute Gasteiger partial charge is 0.326 e. The van der Waals surface area contributed by atoms with Crippen LogP contribution in [-0.2, 0) is 29.1 Å². The Hall–Kier alpha value is -4.46. The van der Waals surface area contributed by atoms with Crippen molar-refractivity contribution in [3.8, 4) is 11.1 Å². The maximum absolute atomic E-state index is 15.9. The number of hydrogen-bond acceptors (Lipinski definition) is 6. The molecule has 0 aliphatic heterocycles. The number of nitrogens with one attached hydrogen (secondary N) is 1. The summed E-state index contributed by atoms with van der Waals surface area (Å²) in [5.41, 5.74) is 8.63. The SMILES string of the molecule is CS(=O)(=O)c1c(-c2ccccc2)ccc(N(N)C(=O)N(Cc2cccc(C(F)(F)F)c2)Nc2cccc(CN)c2)c1F. The van der Waals surface area contributed by atoms with E-state index in [0.717, 1.165) is 29.5 Å². The van der Waals surface area contributed by atoms with Gasteiger partial charge in [0.1, 0.15) is 4.90 Å². The van der Waals surface area contributed by atoms with Gasteiger partial charge in [0, 0.05) is 18.4 Å². The lowest BCUT2D eigenvalue weighted by Crippen LogP contribution is -2.49. The molecule has 0 atom stereocenters. The fourth-order valence-corrected chi connectivity index (χ4v) is 5.30. The van der Waals surface area contributed by atoms with Crippen LogP contribution in [0.1, 0.15) is 16.7 Å². The molecule has 13 heteroatoms. The van der Waals surface area contributed by atoms with E-state index in [2.05, 4.69) is 5.43 Å². The number of carbonyl (C=O) groups excluding carboxylic acids is 1. The van der Waals surface area contributed by atoms with E-state index in [1.165, 1.54) is 18.2 Å². The molecule has 0 aromatic heterocycles. The van der Waals surface area contributed by atoms with Crippen molar-refractivity contribution in [3.63, 3.8) is 0 Å². The first kappa shape index (κ1) is 30.5. The van der Waals surface area contributed by atoms with Crippen LogP contribution in [0.5, 0.6) is 0 Å². The number of carbonyl (C=O) groups is 1. The summed E-state index contributed by atoms with van der Waals surface area (Å²) in [6.45, 7) is -0.251. The molecule has 4 aromatic carbocycles. The summed E-state index contributed by atoms with van der Waals surface area (Å²) in [6, 6.07) is 20.5. The van der Waals surface area contributed by atoms with Gasteiger partial charge in [-0.15, -0.1) is 0 Å². The fraction of sp³-hybridized carbons (Fsp3) is 0.138. The molecule has 0 heterocycles. The summed E-state index contributed by atoms with van der Waals surface area (Å²) in [7, 11) is -4.15. The van der Waals surface area contributed by atoms with Crippen LogP contribution < -0.4 is 22.0 Å². The normalized spacial score (nSPS) is 11.7. The molecule has 0 bridgehead atoms. The Kier molecular flexibility index (Phi) is 8.85. The third kappa shape index (κ3) is 6.87. The van der Waals surface area contributed by atoms with Crippen LogP contribution in [0.4, 0.5) is 33.7 Å². The average Bonchev–Trinajstić information content (AvgIpc) is 2.95. The summed E-state index contributed by atoms with van der Waals surface area (Å²) >= 11 is 0. The highest BCUT2D eigenvalue weighted by atomic mass is 32.2. The highest BCUT2D eigenvalue weighted by Gasteiger charge is 2.32. The van der Waals surface area contributed by atoms with Crippen LogP contribution in [0.25, 0.3) is 11.1 Å². The molecule has 0 saturated carbocycles. The molecule has 2 amide bonds. The second kappa shape index (κ2) is 12.2. The number of amides is 2. The van der Waals surface area contributed by atoms with Crippen molar-refractivity contribution in [2.45, 2.75) is 24.2 Å². The van der Waals surface area contributed by atoms with Crippen molar-refractivity contribution in [2.75, 3.05) is 16.7 Å².